The van der Waals surface area contributed by atoms with E-state index in [-0.39, 0.29) is 0 Å². The molecule has 1 heterocycles. The summed E-state index contributed by atoms with van der Waals surface area (Å²) < 4.78 is 0. The largest absolute Gasteiger partial charge is 0.330 e. The molecule has 0 bridgehead atoms. The Morgan fingerprint density at radius 3 is 3.00 bits per heavy atom. The van der Waals surface area contributed by atoms with Gasteiger partial charge in [0.15, 0.2) is 0 Å². The molecule has 1 aromatic rings. The molecule has 0 spiro atoms. The Morgan fingerprint density at radius 1 is 1.64 bits per heavy atom. The summed E-state index contributed by atoms with van der Waals surface area (Å²) in [4.78, 5) is 5.49. The molecule has 1 saturated carbocycles. The summed E-state index contributed by atoms with van der Waals surface area (Å²) in [7, 11) is 0. The maximum Gasteiger partial charge on any atom is 0.0794 e. The number of nitrogens with zero attached hydrogens (tertiary/aromatic N) is 1. The molecule has 2 atom stereocenters. The van der Waals surface area contributed by atoms with Gasteiger partial charge in [-0.2, -0.15) is 0 Å². The lowest BCUT2D eigenvalue weighted by atomic mass is 9.73. The molecule has 0 aromatic carbocycles. The maximum absolute atomic E-state index is 5.61. The van der Waals surface area contributed by atoms with Crippen LogP contribution in [0.2, 0.25) is 0 Å². The van der Waals surface area contributed by atoms with Crippen LogP contribution in [0.25, 0.3) is 0 Å². The van der Waals surface area contributed by atoms with Gasteiger partial charge in [0, 0.05) is 11.1 Å². The molecule has 2 N–H and O–H groups in total. The van der Waals surface area contributed by atoms with E-state index in [0.717, 1.165) is 18.4 Å². The van der Waals surface area contributed by atoms with Gasteiger partial charge < -0.3 is 5.73 Å². The van der Waals surface area contributed by atoms with Gasteiger partial charge in [0.1, 0.15) is 0 Å². The SMILES string of the molecule is NCC1CCC1c1cncs1. The third-order valence-corrected chi connectivity index (χ3v) is 3.44. The highest BCUT2D eigenvalue weighted by atomic mass is 32.1. The fourth-order valence-corrected chi connectivity index (χ4v) is 2.48. The van der Waals surface area contributed by atoms with Crippen molar-refractivity contribution in [1.82, 2.24) is 4.98 Å². The molecule has 2 rings (SSSR count). The quantitative estimate of drug-likeness (QED) is 0.728. The molecule has 1 fully saturated rings. The van der Waals surface area contributed by atoms with Crippen LogP contribution < -0.4 is 5.73 Å². The molecule has 2 unspecified atom stereocenters. The Bertz CT molecular complexity index is 218. The van der Waals surface area contributed by atoms with E-state index in [1.165, 1.54) is 17.7 Å². The van der Waals surface area contributed by atoms with Crippen molar-refractivity contribution in [3.8, 4) is 0 Å². The fraction of sp³-hybridized carbons (Fsp3) is 0.625. The Morgan fingerprint density at radius 2 is 2.55 bits per heavy atom. The van der Waals surface area contributed by atoms with Crippen LogP contribution in [0.5, 0.6) is 0 Å². The van der Waals surface area contributed by atoms with Crippen LogP contribution in [0.3, 0.4) is 0 Å². The molecular formula is C8H12N2S. The molecule has 1 aliphatic rings. The van der Waals surface area contributed by atoms with E-state index in [1.807, 2.05) is 11.7 Å². The van der Waals surface area contributed by atoms with Crippen molar-refractivity contribution in [2.45, 2.75) is 18.8 Å². The van der Waals surface area contributed by atoms with E-state index in [0.29, 0.717) is 0 Å². The zero-order chi connectivity index (χ0) is 7.68. The third-order valence-electron chi connectivity index (χ3n) is 2.54. The van der Waals surface area contributed by atoms with Crippen LogP contribution in [0.1, 0.15) is 23.6 Å². The van der Waals surface area contributed by atoms with E-state index < -0.39 is 0 Å². The Balaban J connectivity index is 2.07. The van der Waals surface area contributed by atoms with Crippen molar-refractivity contribution in [2.24, 2.45) is 11.7 Å². The average molecular weight is 168 g/mol. The molecule has 11 heavy (non-hydrogen) atoms. The Kier molecular flexibility index (Phi) is 1.92. The summed E-state index contributed by atoms with van der Waals surface area (Å²) in [6.45, 7) is 0.836. The van der Waals surface area contributed by atoms with Gasteiger partial charge in [-0.05, 0) is 31.2 Å². The summed E-state index contributed by atoms with van der Waals surface area (Å²) >= 11 is 1.76. The summed E-state index contributed by atoms with van der Waals surface area (Å²) in [5.74, 6) is 1.46. The minimum atomic E-state index is 0.729. The van der Waals surface area contributed by atoms with E-state index in [2.05, 4.69) is 4.98 Å². The predicted octanol–water partition coefficient (Wildman–Crippen LogP) is 1.60. The van der Waals surface area contributed by atoms with Crippen LogP contribution >= 0.6 is 11.3 Å². The van der Waals surface area contributed by atoms with Crippen molar-refractivity contribution < 1.29 is 0 Å². The highest BCUT2D eigenvalue weighted by Crippen LogP contribution is 2.42. The first kappa shape index (κ1) is 7.25. The summed E-state index contributed by atoms with van der Waals surface area (Å²) in [6, 6.07) is 0. The Labute approximate surface area is 70.5 Å². The molecule has 3 heteroatoms. The highest BCUT2D eigenvalue weighted by Gasteiger charge is 2.31. The number of rotatable bonds is 2. The zero-order valence-corrected chi connectivity index (χ0v) is 7.18. The topological polar surface area (TPSA) is 38.9 Å². The summed E-state index contributed by atoms with van der Waals surface area (Å²) in [5, 5.41) is 0. The van der Waals surface area contributed by atoms with E-state index in [4.69, 9.17) is 5.73 Å². The number of hydrogen-bond donors (Lipinski definition) is 1. The number of thiazole rings is 1. The van der Waals surface area contributed by atoms with Gasteiger partial charge in [-0.3, -0.25) is 4.98 Å². The van der Waals surface area contributed by atoms with E-state index >= 15 is 0 Å². The molecule has 1 aromatic heterocycles. The molecule has 0 amide bonds. The maximum atomic E-state index is 5.61. The van der Waals surface area contributed by atoms with Gasteiger partial charge >= 0.3 is 0 Å². The van der Waals surface area contributed by atoms with Crippen LogP contribution in [0.15, 0.2) is 11.7 Å². The normalized spacial score (nSPS) is 29.9. The van der Waals surface area contributed by atoms with Crippen molar-refractivity contribution in [3.05, 3.63) is 16.6 Å². The van der Waals surface area contributed by atoms with Crippen LogP contribution in [0, 0.1) is 5.92 Å². The van der Waals surface area contributed by atoms with Crippen molar-refractivity contribution in [1.29, 1.82) is 0 Å². The summed E-state index contributed by atoms with van der Waals surface area (Å²) in [6.07, 6.45) is 4.60. The second-order valence-corrected chi connectivity index (χ2v) is 4.00. The van der Waals surface area contributed by atoms with Crippen LogP contribution in [0.4, 0.5) is 0 Å². The molecule has 60 valence electrons. The average Bonchev–Trinajstić information content (AvgIpc) is 2.39. The molecule has 0 aliphatic heterocycles. The molecule has 1 aliphatic carbocycles. The predicted molar refractivity (Wildman–Crippen MR) is 46.6 cm³/mol. The van der Waals surface area contributed by atoms with Gasteiger partial charge in [0.25, 0.3) is 0 Å². The van der Waals surface area contributed by atoms with Crippen molar-refractivity contribution in [2.75, 3.05) is 6.54 Å². The van der Waals surface area contributed by atoms with Gasteiger partial charge in [0.05, 0.1) is 5.51 Å². The lowest BCUT2D eigenvalue weighted by Crippen LogP contribution is -2.29. The first-order chi connectivity index (χ1) is 5.42. The van der Waals surface area contributed by atoms with E-state index in [1.54, 1.807) is 11.3 Å². The standard InChI is InChI=1S/C8H12N2S/c9-3-6-1-2-7(6)8-4-10-5-11-8/h4-7H,1-3,9H2. The Hall–Kier alpha value is -0.410. The fourth-order valence-electron chi connectivity index (χ4n) is 1.63. The molecular weight excluding hydrogens is 156 g/mol. The lowest BCUT2D eigenvalue weighted by Gasteiger charge is -2.34. The monoisotopic (exact) mass is 168 g/mol. The zero-order valence-electron chi connectivity index (χ0n) is 6.36. The molecule has 0 saturated heterocycles. The third kappa shape index (κ3) is 1.19. The first-order valence-corrected chi connectivity index (χ1v) is 4.88. The highest BCUT2D eigenvalue weighted by molar-refractivity contribution is 7.09. The minimum absolute atomic E-state index is 0.729. The van der Waals surface area contributed by atoms with Gasteiger partial charge in [-0.1, -0.05) is 0 Å². The number of nitrogens with two attached hydrogens (primary N) is 1. The first-order valence-electron chi connectivity index (χ1n) is 4.00. The second-order valence-electron chi connectivity index (χ2n) is 3.08. The minimum Gasteiger partial charge on any atom is -0.330 e. The van der Waals surface area contributed by atoms with Crippen molar-refractivity contribution >= 4 is 11.3 Å². The molecule has 2 nitrogen and oxygen atoms in total. The smallest absolute Gasteiger partial charge is 0.0794 e. The number of hydrogen-bond acceptors (Lipinski definition) is 3. The van der Waals surface area contributed by atoms with Crippen LogP contribution in [-0.2, 0) is 0 Å². The van der Waals surface area contributed by atoms with Gasteiger partial charge in [-0.15, -0.1) is 11.3 Å². The van der Waals surface area contributed by atoms with Crippen LogP contribution in [-0.4, -0.2) is 11.5 Å². The van der Waals surface area contributed by atoms with Crippen molar-refractivity contribution in [3.63, 3.8) is 0 Å². The second kappa shape index (κ2) is 2.91. The van der Waals surface area contributed by atoms with E-state index in [9.17, 15) is 0 Å². The lowest BCUT2D eigenvalue weighted by molar-refractivity contribution is 0.267. The number of aromatic nitrogens is 1. The summed E-state index contributed by atoms with van der Waals surface area (Å²) in [5.41, 5.74) is 7.52. The van der Waals surface area contributed by atoms with Gasteiger partial charge in [0.2, 0.25) is 0 Å². The molecule has 0 radical (unpaired) electrons. The van der Waals surface area contributed by atoms with Gasteiger partial charge in [-0.25, -0.2) is 0 Å².